The van der Waals surface area contributed by atoms with Gasteiger partial charge in [-0.05, 0) is 35.3 Å². The molecule has 0 fully saturated rings. The lowest BCUT2D eigenvalue weighted by Gasteiger charge is -2.18. The summed E-state index contributed by atoms with van der Waals surface area (Å²) in [7, 11) is 0. The van der Waals surface area contributed by atoms with Gasteiger partial charge in [0, 0.05) is 11.1 Å². The van der Waals surface area contributed by atoms with Crippen LogP contribution in [0.3, 0.4) is 0 Å². The molecule has 0 saturated heterocycles. The molecule has 0 aliphatic carbocycles. The van der Waals surface area contributed by atoms with E-state index in [4.69, 9.17) is 4.74 Å². The number of rotatable bonds is 4. The molecule has 0 bridgehead atoms. The van der Waals surface area contributed by atoms with Crippen LogP contribution in [0.4, 0.5) is 8.78 Å². The fraction of sp³-hybridized carbons (Fsp3) is 0.238. The first-order chi connectivity index (χ1) is 12.7. The summed E-state index contributed by atoms with van der Waals surface area (Å²) in [6, 6.07) is 13.8. The average molecular weight is 371 g/mol. The van der Waals surface area contributed by atoms with E-state index in [0.29, 0.717) is 11.1 Å². The van der Waals surface area contributed by atoms with Gasteiger partial charge < -0.3 is 9.47 Å². The Labute approximate surface area is 156 Å². The summed E-state index contributed by atoms with van der Waals surface area (Å²) < 4.78 is 34.8. The third-order valence-corrected chi connectivity index (χ3v) is 4.05. The summed E-state index contributed by atoms with van der Waals surface area (Å²) in [6.07, 6.45) is 1.37. The molecule has 3 rings (SSSR count). The Morgan fingerprint density at radius 1 is 1.07 bits per heavy atom. The highest BCUT2D eigenvalue weighted by Gasteiger charge is 2.25. The minimum absolute atomic E-state index is 0.00612. The molecule has 6 heteroatoms. The second kappa shape index (κ2) is 7.31. The normalized spacial score (nSPS) is 15.9. The number of hydrogen-bond donors (Lipinski definition) is 0. The molecule has 0 spiro atoms. The third-order valence-electron chi connectivity index (χ3n) is 4.05. The van der Waals surface area contributed by atoms with Gasteiger partial charge in [-0.15, -0.1) is 0 Å². The summed E-state index contributed by atoms with van der Waals surface area (Å²) in [5.41, 5.74) is 2.15. The number of carbonyl (C=O) groups excluding carboxylic acids is 1. The van der Waals surface area contributed by atoms with Crippen molar-refractivity contribution in [2.24, 2.45) is 4.99 Å². The predicted molar refractivity (Wildman–Crippen MR) is 98.8 cm³/mol. The Bertz CT molecular complexity index is 910. The minimum atomic E-state index is -2.96. The van der Waals surface area contributed by atoms with E-state index in [1.807, 2.05) is 24.3 Å². The molecule has 1 heterocycles. The number of nitrogens with zero attached hydrogens (tertiary/aromatic N) is 1. The van der Waals surface area contributed by atoms with E-state index in [9.17, 15) is 13.6 Å². The number of cyclic esters (lactones) is 1. The van der Waals surface area contributed by atoms with Gasteiger partial charge in [-0.2, -0.15) is 8.78 Å². The van der Waals surface area contributed by atoms with E-state index in [1.54, 1.807) is 18.2 Å². The van der Waals surface area contributed by atoms with Gasteiger partial charge in [0.1, 0.15) is 5.75 Å². The van der Waals surface area contributed by atoms with Crippen LogP contribution in [0.25, 0.3) is 6.08 Å². The SMILES string of the molecule is CC(C)(C)c1ccc(C2=N/C(=C/c3ccccc3OC(F)F)C(=O)O2)cc1. The zero-order valence-electron chi connectivity index (χ0n) is 15.2. The van der Waals surface area contributed by atoms with Crippen molar-refractivity contribution < 1.29 is 23.0 Å². The van der Waals surface area contributed by atoms with Gasteiger partial charge in [-0.3, -0.25) is 0 Å². The number of esters is 1. The maximum atomic E-state index is 12.5. The maximum Gasteiger partial charge on any atom is 0.387 e. The molecular weight excluding hydrogens is 352 g/mol. The topological polar surface area (TPSA) is 47.9 Å². The van der Waals surface area contributed by atoms with Gasteiger partial charge in [0.15, 0.2) is 5.70 Å². The van der Waals surface area contributed by atoms with Gasteiger partial charge in [0.2, 0.25) is 5.90 Å². The monoisotopic (exact) mass is 371 g/mol. The van der Waals surface area contributed by atoms with Gasteiger partial charge in [-0.1, -0.05) is 51.1 Å². The number of para-hydroxylation sites is 1. The third kappa shape index (κ3) is 4.39. The van der Waals surface area contributed by atoms with Crippen LogP contribution in [0.2, 0.25) is 0 Å². The lowest BCUT2D eigenvalue weighted by molar-refractivity contribution is -0.129. The van der Waals surface area contributed by atoms with E-state index < -0.39 is 12.6 Å². The molecule has 0 atom stereocenters. The average Bonchev–Trinajstić information content (AvgIpc) is 2.96. The lowest BCUT2D eigenvalue weighted by atomic mass is 9.87. The number of benzene rings is 2. The van der Waals surface area contributed by atoms with Crippen LogP contribution in [0, 0.1) is 0 Å². The Morgan fingerprint density at radius 2 is 1.74 bits per heavy atom. The molecular formula is C21H19F2NO3. The molecule has 1 aliphatic heterocycles. The maximum absolute atomic E-state index is 12.5. The predicted octanol–water partition coefficient (Wildman–Crippen LogP) is 4.93. The molecule has 0 radical (unpaired) electrons. The Balaban J connectivity index is 1.90. The van der Waals surface area contributed by atoms with Crippen molar-refractivity contribution in [1.29, 1.82) is 0 Å². The van der Waals surface area contributed by atoms with Crippen molar-refractivity contribution in [1.82, 2.24) is 0 Å². The van der Waals surface area contributed by atoms with Crippen molar-refractivity contribution >= 4 is 17.9 Å². The van der Waals surface area contributed by atoms with Crippen molar-refractivity contribution in [3.8, 4) is 5.75 Å². The Hall–Kier alpha value is -3.02. The van der Waals surface area contributed by atoms with E-state index in [2.05, 4.69) is 30.5 Å². The number of ether oxygens (including phenoxy) is 2. The molecule has 0 amide bonds. The molecule has 2 aromatic rings. The number of halogens is 2. The van der Waals surface area contributed by atoms with Gasteiger partial charge in [0.25, 0.3) is 0 Å². The molecule has 1 aliphatic rings. The summed E-state index contributed by atoms with van der Waals surface area (Å²) in [5, 5.41) is 0. The zero-order chi connectivity index (χ0) is 19.6. The Kier molecular flexibility index (Phi) is 5.08. The molecule has 0 N–H and O–H groups in total. The van der Waals surface area contributed by atoms with Gasteiger partial charge >= 0.3 is 12.6 Å². The highest BCUT2D eigenvalue weighted by molar-refractivity contribution is 6.12. The summed E-state index contributed by atoms with van der Waals surface area (Å²) >= 11 is 0. The Morgan fingerprint density at radius 3 is 2.37 bits per heavy atom. The lowest BCUT2D eigenvalue weighted by Crippen LogP contribution is -2.11. The number of alkyl halides is 2. The molecule has 0 aromatic heterocycles. The summed E-state index contributed by atoms with van der Waals surface area (Å²) in [6.45, 7) is 3.36. The number of hydrogen-bond acceptors (Lipinski definition) is 4. The van der Waals surface area contributed by atoms with Gasteiger partial charge in [0.05, 0.1) is 0 Å². The standard InChI is InChI=1S/C21H19F2NO3/c1-21(2,3)15-10-8-13(9-11-15)18-24-16(19(25)27-18)12-14-6-4-5-7-17(14)26-20(22)23/h4-12,20H,1-3H3/b16-12+. The molecule has 2 aromatic carbocycles. The van der Waals surface area contributed by atoms with Crippen molar-refractivity contribution in [2.75, 3.05) is 0 Å². The van der Waals surface area contributed by atoms with Crippen LogP contribution >= 0.6 is 0 Å². The quantitative estimate of drug-likeness (QED) is 0.566. The van der Waals surface area contributed by atoms with Crippen LogP contribution < -0.4 is 4.74 Å². The summed E-state index contributed by atoms with van der Waals surface area (Å²) in [4.78, 5) is 16.3. The molecule has 27 heavy (non-hydrogen) atoms. The van der Waals surface area contributed by atoms with Crippen LogP contribution in [-0.2, 0) is 14.9 Å². The molecule has 140 valence electrons. The van der Waals surface area contributed by atoms with Crippen molar-refractivity contribution in [3.63, 3.8) is 0 Å². The smallest absolute Gasteiger partial charge is 0.387 e. The zero-order valence-corrected chi connectivity index (χ0v) is 15.2. The minimum Gasteiger partial charge on any atom is -0.434 e. The van der Waals surface area contributed by atoms with E-state index >= 15 is 0 Å². The van der Waals surface area contributed by atoms with Crippen LogP contribution in [0.1, 0.15) is 37.5 Å². The number of carbonyl (C=O) groups is 1. The fourth-order valence-corrected chi connectivity index (χ4v) is 2.60. The second-order valence-corrected chi connectivity index (χ2v) is 7.08. The van der Waals surface area contributed by atoms with Crippen LogP contribution in [0.15, 0.2) is 59.2 Å². The highest BCUT2D eigenvalue weighted by atomic mass is 19.3. The van der Waals surface area contributed by atoms with E-state index in [0.717, 1.165) is 5.56 Å². The molecule has 4 nitrogen and oxygen atoms in total. The van der Waals surface area contributed by atoms with Crippen LogP contribution in [0.5, 0.6) is 5.75 Å². The van der Waals surface area contributed by atoms with Gasteiger partial charge in [-0.25, -0.2) is 9.79 Å². The molecule has 0 saturated carbocycles. The largest absolute Gasteiger partial charge is 0.434 e. The van der Waals surface area contributed by atoms with Crippen molar-refractivity contribution in [3.05, 3.63) is 70.9 Å². The van der Waals surface area contributed by atoms with Crippen molar-refractivity contribution in [2.45, 2.75) is 32.8 Å². The highest BCUT2D eigenvalue weighted by Crippen LogP contribution is 2.27. The van der Waals surface area contributed by atoms with E-state index in [1.165, 1.54) is 12.1 Å². The fourth-order valence-electron chi connectivity index (χ4n) is 2.60. The molecule has 0 unspecified atom stereocenters. The number of aliphatic imine (C=N–C) groups is 1. The second-order valence-electron chi connectivity index (χ2n) is 7.08. The first-order valence-electron chi connectivity index (χ1n) is 8.41. The van der Waals surface area contributed by atoms with Crippen LogP contribution in [-0.4, -0.2) is 18.5 Å². The summed E-state index contributed by atoms with van der Waals surface area (Å²) in [5.74, 6) is -0.498. The first kappa shape index (κ1) is 18.8. The van der Waals surface area contributed by atoms with E-state index in [-0.39, 0.29) is 22.8 Å². The first-order valence-corrected chi connectivity index (χ1v) is 8.41.